The first kappa shape index (κ1) is 17.5. The van der Waals surface area contributed by atoms with E-state index >= 15 is 0 Å². The Morgan fingerprint density at radius 1 is 1.11 bits per heavy atom. The van der Waals surface area contributed by atoms with Crippen LogP contribution in [0, 0.1) is 5.92 Å². The van der Waals surface area contributed by atoms with Crippen LogP contribution in [0.5, 0.6) is 0 Å². The van der Waals surface area contributed by atoms with E-state index in [9.17, 15) is 4.79 Å². The Balaban J connectivity index is 1.54. The molecule has 1 atom stereocenters. The third-order valence-electron chi connectivity index (χ3n) is 4.97. The number of carbonyl (C=O) groups is 1. The summed E-state index contributed by atoms with van der Waals surface area (Å²) in [6.07, 6.45) is 9.53. The first-order valence-electron chi connectivity index (χ1n) is 9.21. The number of hydrogen-bond acceptors (Lipinski definition) is 6. The molecular formula is C20H22N6O. The van der Waals surface area contributed by atoms with Gasteiger partial charge in [-0.05, 0) is 51.5 Å². The molecule has 1 unspecified atom stereocenters. The largest absolute Gasteiger partial charge is 0.310 e. The lowest BCUT2D eigenvalue weighted by Crippen LogP contribution is -2.25. The Labute approximate surface area is 157 Å². The first-order chi connectivity index (χ1) is 13.2. The van der Waals surface area contributed by atoms with Gasteiger partial charge in [-0.1, -0.05) is 0 Å². The van der Waals surface area contributed by atoms with E-state index in [1.807, 2.05) is 18.2 Å². The first-order valence-corrected chi connectivity index (χ1v) is 9.21. The van der Waals surface area contributed by atoms with Crippen molar-refractivity contribution in [3.63, 3.8) is 0 Å². The molecule has 1 fully saturated rings. The highest BCUT2D eigenvalue weighted by Gasteiger charge is 2.22. The number of fused-ring (bicyclic) bond motifs is 1. The van der Waals surface area contributed by atoms with Gasteiger partial charge < -0.3 is 10.2 Å². The number of carbonyl (C=O) groups excluding carboxylic acids is 1. The second-order valence-corrected chi connectivity index (χ2v) is 6.97. The summed E-state index contributed by atoms with van der Waals surface area (Å²) in [6, 6.07) is 5.66. The fraction of sp³-hybridized carbons (Fsp3) is 0.350. The Morgan fingerprint density at radius 2 is 2.04 bits per heavy atom. The van der Waals surface area contributed by atoms with Crippen LogP contribution in [-0.2, 0) is 4.79 Å². The molecule has 1 amide bonds. The average molecular weight is 362 g/mol. The predicted octanol–water partition coefficient (Wildman–Crippen LogP) is 2.76. The van der Waals surface area contributed by atoms with Crippen molar-refractivity contribution in [3.05, 3.63) is 43.0 Å². The van der Waals surface area contributed by atoms with Crippen molar-refractivity contribution < 1.29 is 4.79 Å². The Hall–Kier alpha value is -2.93. The molecule has 0 radical (unpaired) electrons. The number of pyridine rings is 2. The average Bonchev–Trinajstić information content (AvgIpc) is 2.92. The van der Waals surface area contributed by atoms with Gasteiger partial charge in [0.15, 0.2) is 0 Å². The maximum Gasteiger partial charge on any atom is 0.228 e. The number of nitrogens with zero attached hydrogens (tertiary/aromatic N) is 5. The molecule has 0 aliphatic carbocycles. The Bertz CT molecular complexity index is 946. The minimum atomic E-state index is 0.0336. The topological polar surface area (TPSA) is 83.9 Å². The van der Waals surface area contributed by atoms with E-state index in [1.165, 1.54) is 0 Å². The van der Waals surface area contributed by atoms with Gasteiger partial charge in [0.05, 0.1) is 17.4 Å². The van der Waals surface area contributed by atoms with Crippen molar-refractivity contribution in [2.45, 2.75) is 19.3 Å². The molecule has 0 spiro atoms. The van der Waals surface area contributed by atoms with Gasteiger partial charge in [0, 0.05) is 36.0 Å². The summed E-state index contributed by atoms with van der Waals surface area (Å²) in [5.74, 6) is 0.613. The molecule has 3 aromatic rings. The molecule has 7 nitrogen and oxygen atoms in total. The lowest BCUT2D eigenvalue weighted by atomic mass is 10.00. The van der Waals surface area contributed by atoms with Gasteiger partial charge >= 0.3 is 0 Å². The highest BCUT2D eigenvalue weighted by atomic mass is 16.1. The molecule has 0 bridgehead atoms. The molecule has 7 heteroatoms. The normalized spacial score (nSPS) is 18.2. The van der Waals surface area contributed by atoms with Crippen LogP contribution in [0.4, 0.5) is 5.82 Å². The fourth-order valence-corrected chi connectivity index (χ4v) is 3.39. The summed E-state index contributed by atoms with van der Waals surface area (Å²) < 4.78 is 0. The molecule has 138 valence electrons. The second-order valence-electron chi connectivity index (χ2n) is 6.97. The van der Waals surface area contributed by atoms with E-state index < -0.39 is 0 Å². The highest BCUT2D eigenvalue weighted by Crippen LogP contribution is 2.22. The van der Waals surface area contributed by atoms with Crippen LogP contribution in [0.1, 0.15) is 19.3 Å². The van der Waals surface area contributed by atoms with Crippen molar-refractivity contribution in [1.29, 1.82) is 0 Å². The number of hydrogen-bond donors (Lipinski definition) is 1. The molecule has 1 saturated heterocycles. The van der Waals surface area contributed by atoms with Crippen LogP contribution >= 0.6 is 0 Å². The molecule has 1 aliphatic rings. The number of aromatic nitrogens is 4. The molecule has 1 N–H and O–H groups in total. The van der Waals surface area contributed by atoms with Crippen molar-refractivity contribution in [2.24, 2.45) is 5.92 Å². The van der Waals surface area contributed by atoms with Crippen molar-refractivity contribution in [1.82, 2.24) is 24.8 Å². The van der Waals surface area contributed by atoms with E-state index in [-0.39, 0.29) is 11.8 Å². The van der Waals surface area contributed by atoms with Crippen molar-refractivity contribution >= 4 is 22.6 Å². The fourth-order valence-electron chi connectivity index (χ4n) is 3.39. The van der Waals surface area contributed by atoms with Gasteiger partial charge in [0.1, 0.15) is 11.5 Å². The number of nitrogens with one attached hydrogen (secondary N) is 1. The standard InChI is InChI=1S/C20H22N6O/c1-26-9-2-3-14(6-10-26)20(27)25-19-11-17-15(12-23-19)4-5-16(24-17)18-13-21-7-8-22-18/h4-5,7-8,11-14H,2-3,6,9-10H2,1H3,(H,23,25,27). The van der Waals surface area contributed by atoms with E-state index in [2.05, 4.69) is 37.2 Å². The smallest absolute Gasteiger partial charge is 0.228 e. The SMILES string of the molecule is CN1CCCC(C(=O)Nc2cc3nc(-c4cnccn4)ccc3cn2)CC1. The molecule has 0 aromatic carbocycles. The molecule has 0 saturated carbocycles. The molecule has 3 aromatic heterocycles. The summed E-state index contributed by atoms with van der Waals surface area (Å²) >= 11 is 0. The Morgan fingerprint density at radius 3 is 2.89 bits per heavy atom. The summed E-state index contributed by atoms with van der Waals surface area (Å²) in [6.45, 7) is 2.00. The van der Waals surface area contributed by atoms with Crippen LogP contribution in [-0.4, -0.2) is 50.9 Å². The number of likely N-dealkylation sites (tertiary alicyclic amines) is 1. The van der Waals surface area contributed by atoms with Crippen LogP contribution in [0.25, 0.3) is 22.3 Å². The lowest BCUT2D eigenvalue weighted by Gasteiger charge is -2.14. The van der Waals surface area contributed by atoms with Gasteiger partial charge in [0.25, 0.3) is 0 Å². The van der Waals surface area contributed by atoms with Crippen LogP contribution in [0.3, 0.4) is 0 Å². The van der Waals surface area contributed by atoms with Gasteiger partial charge in [-0.15, -0.1) is 0 Å². The van der Waals surface area contributed by atoms with Crippen LogP contribution in [0.15, 0.2) is 43.0 Å². The molecule has 27 heavy (non-hydrogen) atoms. The number of anilines is 1. The van der Waals surface area contributed by atoms with Gasteiger partial charge in [-0.25, -0.2) is 9.97 Å². The second kappa shape index (κ2) is 7.75. The summed E-state index contributed by atoms with van der Waals surface area (Å²) in [5, 5.41) is 3.88. The lowest BCUT2D eigenvalue weighted by molar-refractivity contribution is -0.120. The van der Waals surface area contributed by atoms with E-state index in [1.54, 1.807) is 24.8 Å². The summed E-state index contributed by atoms with van der Waals surface area (Å²) in [7, 11) is 2.10. The van der Waals surface area contributed by atoms with Crippen LogP contribution in [0.2, 0.25) is 0 Å². The third-order valence-corrected chi connectivity index (χ3v) is 4.97. The van der Waals surface area contributed by atoms with Gasteiger partial charge in [0.2, 0.25) is 5.91 Å². The number of amides is 1. The predicted molar refractivity (Wildman–Crippen MR) is 104 cm³/mol. The highest BCUT2D eigenvalue weighted by molar-refractivity contribution is 5.93. The molecule has 4 heterocycles. The van der Waals surface area contributed by atoms with E-state index in [0.29, 0.717) is 11.5 Å². The summed E-state index contributed by atoms with van der Waals surface area (Å²) in [5.41, 5.74) is 2.22. The van der Waals surface area contributed by atoms with Crippen molar-refractivity contribution in [2.75, 3.05) is 25.5 Å². The van der Waals surface area contributed by atoms with E-state index in [0.717, 1.165) is 48.9 Å². The van der Waals surface area contributed by atoms with Gasteiger partial charge in [-0.3, -0.25) is 14.8 Å². The summed E-state index contributed by atoms with van der Waals surface area (Å²) in [4.78, 5) is 32.3. The zero-order valence-corrected chi connectivity index (χ0v) is 15.3. The monoisotopic (exact) mass is 362 g/mol. The van der Waals surface area contributed by atoms with Gasteiger partial charge in [-0.2, -0.15) is 0 Å². The molecule has 4 rings (SSSR count). The van der Waals surface area contributed by atoms with E-state index in [4.69, 9.17) is 0 Å². The maximum atomic E-state index is 12.6. The zero-order chi connectivity index (χ0) is 18.6. The van der Waals surface area contributed by atoms with Crippen molar-refractivity contribution in [3.8, 4) is 11.4 Å². The Kier molecular flexibility index (Phi) is 5.02. The maximum absolute atomic E-state index is 12.6. The third kappa shape index (κ3) is 4.09. The molecular weight excluding hydrogens is 340 g/mol. The quantitative estimate of drug-likeness (QED) is 0.771. The molecule has 1 aliphatic heterocycles. The van der Waals surface area contributed by atoms with Crippen LogP contribution < -0.4 is 5.32 Å². The zero-order valence-electron chi connectivity index (χ0n) is 15.3. The minimum Gasteiger partial charge on any atom is -0.310 e. The minimum absolute atomic E-state index is 0.0336. The number of rotatable bonds is 3.